The van der Waals surface area contributed by atoms with Crippen molar-refractivity contribution in [3.63, 3.8) is 0 Å². The van der Waals surface area contributed by atoms with Crippen molar-refractivity contribution in [2.75, 3.05) is 21.3 Å². The number of ether oxygens (including phenoxy) is 3. The number of Topliss-reactive ketones (excluding diaryl/α,β-unsaturated/α-hetero) is 1. The third kappa shape index (κ3) is 3.63. The Bertz CT molecular complexity index is 1530. The number of fused-ring (bicyclic) bond motifs is 3. The first-order valence-corrected chi connectivity index (χ1v) is 9.74. The number of hydrogen-bond acceptors (Lipinski definition) is 9. The van der Waals surface area contributed by atoms with E-state index in [0.717, 1.165) is 10.8 Å². The molecule has 0 amide bonds. The SMILES string of the molecule is COc1c(C(C)=O)c(O)c(OC)c2occc12.COc1c2occc2cc2ccc(=O)oc12. The van der Waals surface area contributed by atoms with Crippen molar-refractivity contribution >= 4 is 38.7 Å². The largest absolute Gasteiger partial charge is 0.504 e. The number of carbonyl (C=O) groups is 1. The summed E-state index contributed by atoms with van der Waals surface area (Å²) in [6, 6.07) is 8.47. The molecule has 9 nitrogen and oxygen atoms in total. The minimum absolute atomic E-state index is 0.0956. The summed E-state index contributed by atoms with van der Waals surface area (Å²) in [4.78, 5) is 22.7. The Balaban J connectivity index is 0.000000157. The van der Waals surface area contributed by atoms with Gasteiger partial charge in [0.15, 0.2) is 28.3 Å². The second-order valence-corrected chi connectivity index (χ2v) is 6.93. The van der Waals surface area contributed by atoms with Gasteiger partial charge in [-0.05, 0) is 31.2 Å². The lowest BCUT2D eigenvalue weighted by atomic mass is 10.1. The molecule has 0 fully saturated rings. The summed E-state index contributed by atoms with van der Waals surface area (Å²) in [5.41, 5.74) is 1.05. The number of rotatable bonds is 4. The van der Waals surface area contributed by atoms with Crippen LogP contribution in [0.2, 0.25) is 0 Å². The number of benzene rings is 2. The van der Waals surface area contributed by atoms with Crippen molar-refractivity contribution in [2.45, 2.75) is 6.92 Å². The monoisotopic (exact) mass is 452 g/mol. The summed E-state index contributed by atoms with van der Waals surface area (Å²) in [6.07, 6.45) is 3.02. The van der Waals surface area contributed by atoms with Crippen LogP contribution < -0.4 is 19.8 Å². The highest BCUT2D eigenvalue weighted by molar-refractivity contribution is 6.08. The zero-order valence-corrected chi connectivity index (χ0v) is 18.3. The zero-order valence-electron chi connectivity index (χ0n) is 18.3. The predicted molar refractivity (Wildman–Crippen MR) is 120 cm³/mol. The van der Waals surface area contributed by atoms with Gasteiger partial charge in [0.25, 0.3) is 0 Å². The lowest BCUT2D eigenvalue weighted by Gasteiger charge is -2.12. The van der Waals surface area contributed by atoms with Gasteiger partial charge in [0.2, 0.25) is 11.5 Å². The van der Waals surface area contributed by atoms with E-state index in [4.69, 9.17) is 27.5 Å². The Labute approximate surface area is 186 Å². The Hall–Kier alpha value is -4.40. The Kier molecular flexibility index (Phi) is 5.70. The maximum Gasteiger partial charge on any atom is 0.336 e. The molecule has 33 heavy (non-hydrogen) atoms. The normalized spacial score (nSPS) is 10.8. The standard InChI is InChI=1S/C12H12O5.C12H8O4/c1-6(13)8-9(14)12(16-3)11-7(4-5-17-11)10(8)15-2;1-14-12-10-8(4-5-15-10)6-7-2-3-9(13)16-11(7)12/h4-5,14H,1-3H3;2-6H,1H3. The summed E-state index contributed by atoms with van der Waals surface area (Å²) < 4.78 is 31.1. The van der Waals surface area contributed by atoms with E-state index in [2.05, 4.69) is 0 Å². The molecule has 3 aromatic heterocycles. The van der Waals surface area contributed by atoms with Gasteiger partial charge in [-0.2, -0.15) is 0 Å². The third-order valence-electron chi connectivity index (χ3n) is 5.04. The van der Waals surface area contributed by atoms with Crippen LogP contribution in [0.25, 0.3) is 32.9 Å². The average molecular weight is 452 g/mol. The number of phenols is 1. The van der Waals surface area contributed by atoms with E-state index in [-0.39, 0.29) is 22.8 Å². The van der Waals surface area contributed by atoms with Crippen molar-refractivity contribution in [3.05, 3.63) is 58.8 Å². The van der Waals surface area contributed by atoms with Crippen LogP contribution in [0.3, 0.4) is 0 Å². The van der Waals surface area contributed by atoms with E-state index in [1.807, 2.05) is 12.1 Å². The van der Waals surface area contributed by atoms with Gasteiger partial charge in [-0.3, -0.25) is 4.79 Å². The van der Waals surface area contributed by atoms with Gasteiger partial charge in [-0.15, -0.1) is 0 Å². The molecule has 0 radical (unpaired) electrons. The van der Waals surface area contributed by atoms with Crippen LogP contribution in [0, 0.1) is 0 Å². The van der Waals surface area contributed by atoms with Gasteiger partial charge in [0.1, 0.15) is 11.3 Å². The smallest absolute Gasteiger partial charge is 0.336 e. The second-order valence-electron chi connectivity index (χ2n) is 6.93. The number of carbonyl (C=O) groups excluding carboxylic acids is 1. The lowest BCUT2D eigenvalue weighted by molar-refractivity contribution is 0.101. The van der Waals surface area contributed by atoms with Crippen molar-refractivity contribution in [1.82, 2.24) is 0 Å². The van der Waals surface area contributed by atoms with E-state index in [1.54, 1.807) is 18.4 Å². The molecular formula is C24H20O9. The molecule has 0 unspecified atom stereocenters. The van der Waals surface area contributed by atoms with Gasteiger partial charge < -0.3 is 32.6 Å². The highest BCUT2D eigenvalue weighted by atomic mass is 16.5. The lowest BCUT2D eigenvalue weighted by Crippen LogP contribution is -2.00. The van der Waals surface area contributed by atoms with Crippen molar-refractivity contribution in [3.8, 4) is 23.0 Å². The molecular weight excluding hydrogens is 432 g/mol. The molecule has 9 heteroatoms. The number of ketones is 1. The van der Waals surface area contributed by atoms with E-state index >= 15 is 0 Å². The van der Waals surface area contributed by atoms with Crippen molar-refractivity contribution in [1.29, 1.82) is 0 Å². The Morgan fingerprint density at radius 3 is 2.12 bits per heavy atom. The fourth-order valence-corrected chi connectivity index (χ4v) is 3.65. The van der Waals surface area contributed by atoms with Crippen LogP contribution in [-0.2, 0) is 0 Å². The van der Waals surface area contributed by atoms with Crippen LogP contribution in [0.4, 0.5) is 0 Å². The van der Waals surface area contributed by atoms with Crippen molar-refractivity contribution in [2.24, 2.45) is 0 Å². The topological polar surface area (TPSA) is 121 Å². The molecule has 0 saturated heterocycles. The molecule has 0 aliphatic carbocycles. The molecule has 3 heterocycles. The number of phenolic OH excluding ortho intramolecular Hbond substituents is 1. The molecule has 0 aliphatic rings. The number of hydrogen-bond donors (Lipinski definition) is 1. The molecule has 2 aromatic carbocycles. The van der Waals surface area contributed by atoms with Crippen LogP contribution in [0.1, 0.15) is 17.3 Å². The quantitative estimate of drug-likeness (QED) is 0.299. The van der Waals surface area contributed by atoms with Crippen LogP contribution in [-0.4, -0.2) is 32.2 Å². The summed E-state index contributed by atoms with van der Waals surface area (Å²) >= 11 is 0. The van der Waals surface area contributed by atoms with E-state index in [0.29, 0.717) is 33.6 Å². The van der Waals surface area contributed by atoms with Gasteiger partial charge in [0.05, 0.1) is 39.2 Å². The molecule has 1 N–H and O–H groups in total. The molecule has 5 rings (SSSR count). The van der Waals surface area contributed by atoms with Crippen LogP contribution >= 0.6 is 0 Å². The number of methoxy groups -OCH3 is 3. The second kappa shape index (κ2) is 8.62. The first-order valence-electron chi connectivity index (χ1n) is 9.74. The minimum atomic E-state index is -0.406. The average Bonchev–Trinajstić information content (AvgIpc) is 3.46. The minimum Gasteiger partial charge on any atom is -0.504 e. The summed E-state index contributed by atoms with van der Waals surface area (Å²) in [5, 5.41) is 12.3. The third-order valence-corrected chi connectivity index (χ3v) is 5.04. The van der Waals surface area contributed by atoms with E-state index in [1.165, 1.54) is 40.6 Å². The summed E-state index contributed by atoms with van der Waals surface area (Å²) in [5.74, 6) is 0.311. The number of aromatic hydroxyl groups is 1. The van der Waals surface area contributed by atoms with Gasteiger partial charge in [-0.25, -0.2) is 4.79 Å². The van der Waals surface area contributed by atoms with Gasteiger partial charge in [-0.1, -0.05) is 0 Å². The summed E-state index contributed by atoms with van der Waals surface area (Å²) in [6.45, 7) is 1.35. The fraction of sp³-hybridized carbons (Fsp3) is 0.167. The highest BCUT2D eigenvalue weighted by Crippen LogP contribution is 2.45. The van der Waals surface area contributed by atoms with E-state index in [9.17, 15) is 14.7 Å². The molecule has 170 valence electrons. The maximum atomic E-state index is 11.6. The molecule has 0 spiro atoms. The first-order chi connectivity index (χ1) is 15.9. The molecule has 5 aromatic rings. The number of furan rings is 2. The molecule has 0 bridgehead atoms. The fourth-order valence-electron chi connectivity index (χ4n) is 3.65. The Morgan fingerprint density at radius 2 is 1.45 bits per heavy atom. The molecule has 0 aliphatic heterocycles. The highest BCUT2D eigenvalue weighted by Gasteiger charge is 2.25. The zero-order chi connectivity index (χ0) is 23.7. The van der Waals surface area contributed by atoms with Gasteiger partial charge in [0, 0.05) is 16.8 Å². The molecule has 0 saturated carbocycles. The van der Waals surface area contributed by atoms with Crippen LogP contribution in [0.15, 0.2) is 60.9 Å². The Morgan fingerprint density at radius 1 is 0.818 bits per heavy atom. The van der Waals surface area contributed by atoms with Gasteiger partial charge >= 0.3 is 5.63 Å². The first kappa shape index (κ1) is 21.8. The van der Waals surface area contributed by atoms with Crippen LogP contribution in [0.5, 0.6) is 23.0 Å². The van der Waals surface area contributed by atoms with E-state index < -0.39 is 5.63 Å². The maximum absolute atomic E-state index is 11.6. The summed E-state index contributed by atoms with van der Waals surface area (Å²) in [7, 11) is 4.34. The molecule has 0 atom stereocenters. The predicted octanol–water partition coefficient (Wildman–Crippen LogP) is 4.91. The van der Waals surface area contributed by atoms with Crippen molar-refractivity contribution < 1.29 is 37.4 Å².